The minimum atomic E-state index is -0.245. The Bertz CT molecular complexity index is 403. The molecule has 1 aromatic heterocycles. The van der Waals surface area contributed by atoms with Crippen LogP contribution in [0.4, 0.5) is 0 Å². The van der Waals surface area contributed by atoms with Crippen molar-refractivity contribution in [2.45, 2.75) is 6.92 Å². The quantitative estimate of drug-likeness (QED) is 0.706. The van der Waals surface area contributed by atoms with Crippen LogP contribution in [-0.4, -0.2) is 18.1 Å². The van der Waals surface area contributed by atoms with Gasteiger partial charge in [-0.25, -0.2) is 0 Å². The third-order valence-corrected chi connectivity index (χ3v) is 2.07. The molecule has 0 unspecified atom stereocenters. The number of aromatic nitrogens is 1. The number of nitrogens with zero attached hydrogens (tertiary/aromatic N) is 1. The van der Waals surface area contributed by atoms with Crippen molar-refractivity contribution >= 4 is 5.97 Å². The van der Waals surface area contributed by atoms with Crippen molar-refractivity contribution in [2.24, 2.45) is 0 Å². The van der Waals surface area contributed by atoms with Crippen molar-refractivity contribution in [1.29, 1.82) is 0 Å². The van der Waals surface area contributed by atoms with Gasteiger partial charge in [0.2, 0.25) is 0 Å². The maximum atomic E-state index is 9.59. The first-order chi connectivity index (χ1) is 8.24. The zero-order chi connectivity index (χ0) is 12.5. The van der Waals surface area contributed by atoms with Crippen LogP contribution >= 0.6 is 0 Å². The number of benzene rings is 1. The van der Waals surface area contributed by atoms with Gasteiger partial charge < -0.3 is 4.74 Å². The number of methoxy groups -OCH3 is 1. The fourth-order valence-corrected chi connectivity index (χ4v) is 1.17. The molecular weight excluding hydrogens is 214 g/mol. The summed E-state index contributed by atoms with van der Waals surface area (Å²) in [6.07, 6.45) is 3.62. The van der Waals surface area contributed by atoms with E-state index in [0.717, 1.165) is 0 Å². The summed E-state index contributed by atoms with van der Waals surface area (Å²) in [5.41, 5.74) is 2.45. The molecule has 0 spiro atoms. The Morgan fingerprint density at radius 2 is 1.47 bits per heavy atom. The summed E-state index contributed by atoms with van der Waals surface area (Å²) in [6.45, 7) is 1.36. The summed E-state index contributed by atoms with van der Waals surface area (Å²) in [7, 11) is 1.35. The molecule has 1 heterocycles. The Kier molecular flexibility index (Phi) is 5.44. The second kappa shape index (κ2) is 7.17. The molecule has 3 nitrogen and oxygen atoms in total. The minimum Gasteiger partial charge on any atom is -0.469 e. The lowest BCUT2D eigenvalue weighted by molar-refractivity contribution is -0.137. The van der Waals surface area contributed by atoms with Gasteiger partial charge in [-0.15, -0.1) is 0 Å². The van der Waals surface area contributed by atoms with Gasteiger partial charge in [-0.1, -0.05) is 30.3 Å². The Morgan fingerprint density at radius 3 is 1.94 bits per heavy atom. The van der Waals surface area contributed by atoms with Crippen LogP contribution in [0.5, 0.6) is 0 Å². The van der Waals surface area contributed by atoms with Crippen LogP contribution < -0.4 is 0 Å². The van der Waals surface area contributed by atoms with Gasteiger partial charge in [-0.2, -0.15) is 0 Å². The van der Waals surface area contributed by atoms with E-state index in [1.807, 2.05) is 42.7 Å². The van der Waals surface area contributed by atoms with E-state index in [0.29, 0.717) is 0 Å². The molecule has 0 aliphatic carbocycles. The number of esters is 1. The summed E-state index contributed by atoms with van der Waals surface area (Å²) in [5.74, 6) is -0.245. The summed E-state index contributed by atoms with van der Waals surface area (Å²) in [5, 5.41) is 0. The van der Waals surface area contributed by atoms with E-state index in [1.165, 1.54) is 25.2 Å². The highest BCUT2D eigenvalue weighted by molar-refractivity contribution is 5.65. The van der Waals surface area contributed by atoms with Gasteiger partial charge in [0, 0.05) is 19.3 Å². The van der Waals surface area contributed by atoms with Crippen molar-refractivity contribution in [1.82, 2.24) is 4.98 Å². The van der Waals surface area contributed by atoms with Crippen LogP contribution in [0.3, 0.4) is 0 Å². The smallest absolute Gasteiger partial charge is 0.302 e. The third kappa shape index (κ3) is 4.93. The molecule has 0 saturated heterocycles. The third-order valence-electron chi connectivity index (χ3n) is 2.07. The molecule has 0 amide bonds. The summed E-state index contributed by atoms with van der Waals surface area (Å²) >= 11 is 0. The van der Waals surface area contributed by atoms with E-state index < -0.39 is 0 Å². The Hall–Kier alpha value is -2.16. The molecular formula is C14H15NO2. The molecule has 0 bridgehead atoms. The molecule has 0 atom stereocenters. The Morgan fingerprint density at radius 1 is 1.00 bits per heavy atom. The van der Waals surface area contributed by atoms with Crippen molar-refractivity contribution < 1.29 is 9.53 Å². The number of hydrogen-bond acceptors (Lipinski definition) is 3. The van der Waals surface area contributed by atoms with E-state index in [-0.39, 0.29) is 5.97 Å². The number of ether oxygens (including phenoxy) is 1. The number of carbonyl (C=O) groups excluding carboxylic acids is 1. The SMILES string of the molecule is COC(C)=O.c1ccc(-c2ccncc2)cc1. The van der Waals surface area contributed by atoms with Gasteiger partial charge in [0.05, 0.1) is 7.11 Å². The van der Waals surface area contributed by atoms with Gasteiger partial charge in [-0.3, -0.25) is 9.78 Å². The zero-order valence-electron chi connectivity index (χ0n) is 9.96. The van der Waals surface area contributed by atoms with Gasteiger partial charge in [-0.05, 0) is 23.3 Å². The molecule has 0 saturated carbocycles. The minimum absolute atomic E-state index is 0.245. The molecule has 88 valence electrons. The molecule has 0 radical (unpaired) electrons. The largest absolute Gasteiger partial charge is 0.469 e. The topological polar surface area (TPSA) is 39.2 Å². The fraction of sp³-hybridized carbons (Fsp3) is 0.143. The molecule has 0 fully saturated rings. The highest BCUT2D eigenvalue weighted by Gasteiger charge is 1.92. The number of pyridine rings is 1. The lowest BCUT2D eigenvalue weighted by Gasteiger charge is -1.98. The highest BCUT2D eigenvalue weighted by Crippen LogP contribution is 2.16. The van der Waals surface area contributed by atoms with E-state index >= 15 is 0 Å². The Labute approximate surface area is 101 Å². The average molecular weight is 229 g/mol. The molecule has 1 aromatic carbocycles. The van der Waals surface area contributed by atoms with Crippen molar-refractivity contribution in [3.8, 4) is 11.1 Å². The first-order valence-corrected chi connectivity index (χ1v) is 5.24. The van der Waals surface area contributed by atoms with Crippen LogP contribution in [0.1, 0.15) is 6.92 Å². The molecule has 3 heteroatoms. The van der Waals surface area contributed by atoms with Gasteiger partial charge in [0.15, 0.2) is 0 Å². The molecule has 2 aromatic rings. The fourth-order valence-electron chi connectivity index (χ4n) is 1.17. The molecule has 0 N–H and O–H groups in total. The van der Waals surface area contributed by atoms with Crippen molar-refractivity contribution in [3.05, 3.63) is 54.9 Å². The van der Waals surface area contributed by atoms with Crippen molar-refractivity contribution in [3.63, 3.8) is 0 Å². The van der Waals surface area contributed by atoms with E-state index in [9.17, 15) is 4.79 Å². The number of carbonyl (C=O) groups is 1. The zero-order valence-corrected chi connectivity index (χ0v) is 9.96. The normalized spacial score (nSPS) is 8.82. The van der Waals surface area contributed by atoms with Crippen LogP contribution in [0, 0.1) is 0 Å². The monoisotopic (exact) mass is 229 g/mol. The van der Waals surface area contributed by atoms with Gasteiger partial charge in [0.25, 0.3) is 0 Å². The lowest BCUT2D eigenvalue weighted by atomic mass is 10.1. The summed E-state index contributed by atoms with van der Waals surface area (Å²) in [6, 6.07) is 14.3. The van der Waals surface area contributed by atoms with E-state index in [2.05, 4.69) is 21.9 Å². The molecule has 0 aliphatic rings. The highest BCUT2D eigenvalue weighted by atomic mass is 16.5. The van der Waals surface area contributed by atoms with E-state index in [4.69, 9.17) is 0 Å². The number of rotatable bonds is 1. The van der Waals surface area contributed by atoms with Gasteiger partial charge >= 0.3 is 5.97 Å². The van der Waals surface area contributed by atoms with Gasteiger partial charge in [0.1, 0.15) is 0 Å². The maximum Gasteiger partial charge on any atom is 0.302 e. The second-order valence-electron chi connectivity index (χ2n) is 3.30. The standard InChI is InChI=1S/C11H9N.C3H6O2/c1-2-4-10(5-3-1)11-6-8-12-9-7-11;1-3(4)5-2/h1-9H;1-2H3. The van der Waals surface area contributed by atoms with Crippen molar-refractivity contribution in [2.75, 3.05) is 7.11 Å². The molecule has 2 rings (SSSR count). The summed E-state index contributed by atoms with van der Waals surface area (Å²) in [4.78, 5) is 13.6. The first kappa shape index (κ1) is 12.9. The predicted octanol–water partition coefficient (Wildman–Crippen LogP) is 2.93. The van der Waals surface area contributed by atoms with Crippen LogP contribution in [0.15, 0.2) is 54.9 Å². The first-order valence-electron chi connectivity index (χ1n) is 5.24. The molecule has 0 aliphatic heterocycles. The maximum absolute atomic E-state index is 9.59. The molecule has 17 heavy (non-hydrogen) atoms. The second-order valence-corrected chi connectivity index (χ2v) is 3.30. The van der Waals surface area contributed by atoms with Crippen LogP contribution in [0.25, 0.3) is 11.1 Å². The number of hydrogen-bond donors (Lipinski definition) is 0. The van der Waals surface area contributed by atoms with Crippen LogP contribution in [-0.2, 0) is 9.53 Å². The van der Waals surface area contributed by atoms with Crippen LogP contribution in [0.2, 0.25) is 0 Å². The lowest BCUT2D eigenvalue weighted by Crippen LogP contribution is -1.88. The Balaban J connectivity index is 0.000000249. The van der Waals surface area contributed by atoms with E-state index in [1.54, 1.807) is 0 Å². The average Bonchev–Trinajstić information content (AvgIpc) is 2.41. The summed E-state index contributed by atoms with van der Waals surface area (Å²) < 4.78 is 4.11. The predicted molar refractivity (Wildman–Crippen MR) is 67.4 cm³/mol.